The van der Waals surface area contributed by atoms with Crippen LogP contribution in [0, 0.1) is 0 Å². The summed E-state index contributed by atoms with van der Waals surface area (Å²) in [5.74, 6) is 0. The highest BCUT2D eigenvalue weighted by molar-refractivity contribution is 4.83. The monoisotopic (exact) mass is 192 g/mol. The van der Waals surface area contributed by atoms with Gasteiger partial charge in [-0.2, -0.15) is 0 Å². The fourth-order valence-electron chi connectivity index (χ4n) is 1.13. The summed E-state index contributed by atoms with van der Waals surface area (Å²) in [7, 11) is 0. The predicted molar refractivity (Wildman–Crippen MR) is 56.2 cm³/mol. The van der Waals surface area contributed by atoms with Gasteiger partial charge in [-0.3, -0.25) is 4.91 Å². The summed E-state index contributed by atoms with van der Waals surface area (Å²) >= 11 is 0. The van der Waals surface area contributed by atoms with Gasteiger partial charge in [-0.1, -0.05) is 19.4 Å². The Morgan fingerprint density at radius 3 is 2.14 bits per heavy atom. The van der Waals surface area contributed by atoms with Crippen LogP contribution in [0.1, 0.15) is 26.2 Å². The van der Waals surface area contributed by atoms with Crippen LogP contribution in [0.4, 0.5) is 0 Å². The molecule has 0 radical (unpaired) electrons. The van der Waals surface area contributed by atoms with E-state index in [1.807, 2.05) is 0 Å². The van der Waals surface area contributed by atoms with Gasteiger partial charge in [0.25, 0.3) is 0 Å². The van der Waals surface area contributed by atoms with Crippen molar-refractivity contribution >= 4 is 0 Å². The van der Waals surface area contributed by atoms with E-state index >= 15 is 0 Å². The molecule has 76 valence electrons. The van der Waals surface area contributed by atoms with E-state index in [1.165, 1.54) is 24.2 Å². The molecule has 1 aromatic rings. The Morgan fingerprint density at radius 2 is 1.64 bits per heavy atom. The highest BCUT2D eigenvalue weighted by atomic mass is 15.0. The van der Waals surface area contributed by atoms with Crippen molar-refractivity contribution in [3.8, 4) is 0 Å². The van der Waals surface area contributed by atoms with Crippen molar-refractivity contribution in [1.82, 2.24) is 0 Å². The van der Waals surface area contributed by atoms with Crippen molar-refractivity contribution < 1.29 is 4.57 Å². The molecule has 0 amide bonds. The Morgan fingerprint density at radius 1 is 1.07 bits per heavy atom. The molecule has 0 aliphatic heterocycles. The van der Waals surface area contributed by atoms with Crippen LogP contribution in [-0.2, 0) is 6.54 Å². The molecule has 0 aliphatic carbocycles. The van der Waals surface area contributed by atoms with Gasteiger partial charge in [-0.25, -0.2) is 4.57 Å². The van der Waals surface area contributed by atoms with Gasteiger partial charge < -0.3 is 11.1 Å². The number of pyridine rings is 1. The van der Waals surface area contributed by atoms with Crippen LogP contribution in [0.25, 0.3) is 16.0 Å². The van der Waals surface area contributed by atoms with E-state index in [0.717, 1.165) is 6.54 Å². The van der Waals surface area contributed by atoms with Gasteiger partial charge in [0.1, 0.15) is 6.54 Å². The minimum Gasteiger partial charge on any atom is -0.373 e. The predicted octanol–water partition coefficient (Wildman–Crippen LogP) is 3.03. The maximum Gasteiger partial charge on any atom is 0.168 e. The molecular weight excluding hydrogens is 176 g/mol. The average molecular weight is 192 g/mol. The maximum absolute atomic E-state index is 6.75. The van der Waals surface area contributed by atoms with E-state index in [1.54, 1.807) is 0 Å². The van der Waals surface area contributed by atoms with Crippen LogP contribution in [0.15, 0.2) is 30.6 Å². The molecule has 4 nitrogen and oxygen atoms in total. The lowest BCUT2D eigenvalue weighted by atomic mass is 10.2. The Labute approximate surface area is 84.6 Å². The Balaban J connectivity index is 0.000000500. The molecule has 4 heteroatoms. The lowest BCUT2D eigenvalue weighted by Gasteiger charge is -1.93. The van der Waals surface area contributed by atoms with E-state index in [9.17, 15) is 0 Å². The zero-order valence-corrected chi connectivity index (χ0v) is 8.50. The van der Waals surface area contributed by atoms with Gasteiger partial charge >= 0.3 is 0 Å². The first-order valence-electron chi connectivity index (χ1n) is 4.77. The van der Waals surface area contributed by atoms with Gasteiger partial charge in [-0.05, 0) is 6.42 Å². The molecule has 0 fully saturated rings. The molecule has 0 spiro atoms. The molecular formula is C10H16N4. The lowest BCUT2D eigenvalue weighted by Crippen LogP contribution is -2.31. The molecule has 1 heterocycles. The number of aryl methyl sites for hydroxylation is 1. The summed E-state index contributed by atoms with van der Waals surface area (Å²) in [6.45, 7) is 3.39. The summed E-state index contributed by atoms with van der Waals surface area (Å²) in [4.78, 5) is 1.50. The third-order valence-electron chi connectivity index (χ3n) is 1.80. The number of hydrogen-bond donors (Lipinski definition) is 0. The molecule has 0 aromatic carbocycles. The zero-order chi connectivity index (χ0) is 10.6. The number of aromatic nitrogens is 1. The largest absolute Gasteiger partial charge is 0.373 e. The van der Waals surface area contributed by atoms with Crippen molar-refractivity contribution in [1.29, 1.82) is 0 Å². The van der Waals surface area contributed by atoms with Crippen molar-refractivity contribution in [3.05, 3.63) is 46.6 Å². The third-order valence-corrected chi connectivity index (χ3v) is 1.80. The smallest absolute Gasteiger partial charge is 0.168 e. The molecule has 0 bridgehead atoms. The van der Waals surface area contributed by atoms with Crippen LogP contribution >= 0.6 is 0 Å². The van der Waals surface area contributed by atoms with Gasteiger partial charge in [0, 0.05) is 18.6 Å². The Hall–Kier alpha value is -1.54. The molecule has 1 rings (SSSR count). The van der Waals surface area contributed by atoms with Crippen molar-refractivity contribution in [2.75, 3.05) is 0 Å². The van der Waals surface area contributed by atoms with Gasteiger partial charge in [-0.15, -0.1) is 0 Å². The molecule has 1 aromatic heterocycles. The number of nitrogens with zero attached hydrogens (tertiary/aromatic N) is 4. The minimum absolute atomic E-state index is 1.16. The highest BCUT2D eigenvalue weighted by Gasteiger charge is 1.94. The zero-order valence-electron chi connectivity index (χ0n) is 8.50. The van der Waals surface area contributed by atoms with Gasteiger partial charge in [0.05, 0.1) is 0 Å². The van der Waals surface area contributed by atoms with Crippen LogP contribution in [0.3, 0.4) is 0 Å². The van der Waals surface area contributed by atoms with E-state index in [4.69, 9.17) is 11.1 Å². The first-order valence-corrected chi connectivity index (χ1v) is 4.77. The highest BCUT2D eigenvalue weighted by Crippen LogP contribution is 1.92. The summed E-state index contributed by atoms with van der Waals surface area (Å²) in [5.41, 5.74) is 13.5. The summed E-state index contributed by atoms with van der Waals surface area (Å²) < 4.78 is 2.23. The van der Waals surface area contributed by atoms with Crippen LogP contribution < -0.4 is 4.57 Å². The fraction of sp³-hybridized carbons (Fsp3) is 0.500. The van der Waals surface area contributed by atoms with Crippen molar-refractivity contribution in [2.24, 2.45) is 0 Å². The molecule has 0 unspecified atom stereocenters. The topological polar surface area (TPSA) is 62.6 Å². The molecule has 0 saturated heterocycles. The minimum atomic E-state index is 1.16. The summed E-state index contributed by atoms with van der Waals surface area (Å²) in [5, 5.41) is 0. The van der Waals surface area contributed by atoms with Crippen LogP contribution in [0.5, 0.6) is 0 Å². The van der Waals surface area contributed by atoms with Gasteiger partial charge in [0.2, 0.25) is 0 Å². The van der Waals surface area contributed by atoms with Crippen LogP contribution in [0.2, 0.25) is 0 Å². The first kappa shape index (κ1) is 12.5. The standard InChI is InChI=1S/C10H16N.N3/c1-2-3-5-8-11-9-6-4-7-10-11;1-3-2/h4,6-7,9-10H,2-3,5,8H2,1H3;/q+1;-1. The first-order chi connectivity index (χ1) is 6.85. The quantitative estimate of drug-likeness (QED) is 0.231. The molecule has 0 aliphatic rings. The summed E-state index contributed by atoms with van der Waals surface area (Å²) in [6, 6.07) is 6.20. The third kappa shape index (κ3) is 7.13. The molecule has 0 N–H and O–H groups in total. The second kappa shape index (κ2) is 9.55. The Kier molecular flexibility index (Phi) is 8.50. The molecule has 0 saturated carbocycles. The molecule has 0 atom stereocenters. The van der Waals surface area contributed by atoms with E-state index in [-0.39, 0.29) is 0 Å². The SMILES string of the molecule is CCCCC[n+]1ccccc1.[N-]=[N+]=[N-]. The Bertz CT molecular complexity index is 252. The second-order valence-corrected chi connectivity index (χ2v) is 2.91. The summed E-state index contributed by atoms with van der Waals surface area (Å²) in [6.07, 6.45) is 8.17. The lowest BCUT2D eigenvalue weighted by molar-refractivity contribution is -0.697. The average Bonchev–Trinajstić information content (AvgIpc) is 2.21. The van der Waals surface area contributed by atoms with E-state index in [2.05, 4.69) is 42.1 Å². The number of unbranched alkanes of at least 4 members (excludes halogenated alkanes) is 2. The fourth-order valence-corrected chi connectivity index (χ4v) is 1.13. The van der Waals surface area contributed by atoms with E-state index in [0.29, 0.717) is 0 Å². The number of hydrogen-bond acceptors (Lipinski definition) is 0. The second-order valence-electron chi connectivity index (χ2n) is 2.91. The maximum atomic E-state index is 6.75. The van der Waals surface area contributed by atoms with E-state index < -0.39 is 0 Å². The van der Waals surface area contributed by atoms with Crippen LogP contribution in [-0.4, -0.2) is 0 Å². The normalized spacial score (nSPS) is 8.36. The van der Waals surface area contributed by atoms with Crippen molar-refractivity contribution in [2.45, 2.75) is 32.7 Å². The van der Waals surface area contributed by atoms with Gasteiger partial charge in [0.15, 0.2) is 12.4 Å². The number of rotatable bonds is 4. The van der Waals surface area contributed by atoms with Crippen molar-refractivity contribution in [3.63, 3.8) is 0 Å². The molecule has 14 heavy (non-hydrogen) atoms.